The first-order valence-electron chi connectivity index (χ1n) is 6.79. The standard InChI is InChI=1S/C15H24N2/c1-3-12-6-5-7-13(4-2)14(12)17-11-15(10-16)8-9-15/h5-7,17H,3-4,8-11,16H2,1-2H3. The maximum Gasteiger partial charge on any atom is 0.0405 e. The average molecular weight is 232 g/mol. The number of hydrogen-bond acceptors (Lipinski definition) is 2. The van der Waals surface area contributed by atoms with Gasteiger partial charge in [0.15, 0.2) is 0 Å². The Morgan fingerprint density at radius 2 is 1.76 bits per heavy atom. The summed E-state index contributed by atoms with van der Waals surface area (Å²) in [4.78, 5) is 0. The van der Waals surface area contributed by atoms with Crippen LogP contribution in [0.4, 0.5) is 5.69 Å². The van der Waals surface area contributed by atoms with Crippen LogP contribution in [0, 0.1) is 5.41 Å². The molecule has 0 radical (unpaired) electrons. The van der Waals surface area contributed by atoms with Gasteiger partial charge in [-0.15, -0.1) is 0 Å². The summed E-state index contributed by atoms with van der Waals surface area (Å²) in [7, 11) is 0. The summed E-state index contributed by atoms with van der Waals surface area (Å²) in [5, 5.41) is 3.66. The molecule has 2 rings (SSSR count). The van der Waals surface area contributed by atoms with E-state index in [1.165, 1.54) is 29.7 Å². The van der Waals surface area contributed by atoms with Crippen LogP contribution >= 0.6 is 0 Å². The minimum absolute atomic E-state index is 0.395. The van der Waals surface area contributed by atoms with E-state index in [0.717, 1.165) is 25.9 Å². The van der Waals surface area contributed by atoms with Crippen LogP contribution in [0.2, 0.25) is 0 Å². The second kappa shape index (κ2) is 5.09. The monoisotopic (exact) mass is 232 g/mol. The summed E-state index contributed by atoms with van der Waals surface area (Å²) in [6.45, 7) is 6.29. The molecule has 2 heteroatoms. The van der Waals surface area contributed by atoms with Crippen molar-refractivity contribution in [1.29, 1.82) is 0 Å². The first-order chi connectivity index (χ1) is 8.24. The lowest BCUT2D eigenvalue weighted by molar-refractivity contribution is 0.555. The fourth-order valence-electron chi connectivity index (χ4n) is 2.38. The molecule has 94 valence electrons. The summed E-state index contributed by atoms with van der Waals surface area (Å²) in [5.41, 5.74) is 10.4. The number of rotatable bonds is 6. The maximum atomic E-state index is 5.83. The quantitative estimate of drug-likeness (QED) is 0.791. The van der Waals surface area contributed by atoms with Gasteiger partial charge in [0.1, 0.15) is 0 Å². The Hall–Kier alpha value is -1.02. The number of benzene rings is 1. The largest absolute Gasteiger partial charge is 0.384 e. The van der Waals surface area contributed by atoms with Gasteiger partial charge in [-0.1, -0.05) is 32.0 Å². The molecule has 3 N–H and O–H groups in total. The van der Waals surface area contributed by atoms with Crippen LogP contribution in [0.1, 0.15) is 37.8 Å². The normalized spacial score (nSPS) is 16.9. The smallest absolute Gasteiger partial charge is 0.0405 e. The van der Waals surface area contributed by atoms with Crippen LogP contribution in [-0.2, 0) is 12.8 Å². The minimum Gasteiger partial charge on any atom is -0.384 e. The van der Waals surface area contributed by atoms with Crippen molar-refractivity contribution in [3.63, 3.8) is 0 Å². The van der Waals surface area contributed by atoms with Gasteiger partial charge in [-0.3, -0.25) is 0 Å². The summed E-state index contributed by atoms with van der Waals surface area (Å²) in [6, 6.07) is 6.62. The minimum atomic E-state index is 0.395. The molecule has 1 saturated carbocycles. The zero-order valence-electron chi connectivity index (χ0n) is 11.1. The lowest BCUT2D eigenvalue weighted by Crippen LogP contribution is -2.25. The molecular weight excluding hydrogens is 208 g/mol. The van der Waals surface area contributed by atoms with Crippen LogP contribution in [0.25, 0.3) is 0 Å². The van der Waals surface area contributed by atoms with Crippen molar-refractivity contribution in [2.45, 2.75) is 39.5 Å². The molecule has 0 aliphatic heterocycles. The zero-order chi connectivity index (χ0) is 12.3. The zero-order valence-corrected chi connectivity index (χ0v) is 11.1. The van der Waals surface area contributed by atoms with Gasteiger partial charge >= 0.3 is 0 Å². The molecule has 0 atom stereocenters. The van der Waals surface area contributed by atoms with E-state index in [9.17, 15) is 0 Å². The molecule has 0 bridgehead atoms. The van der Waals surface area contributed by atoms with Crippen LogP contribution in [0.15, 0.2) is 18.2 Å². The van der Waals surface area contributed by atoms with Crippen LogP contribution in [-0.4, -0.2) is 13.1 Å². The molecule has 17 heavy (non-hydrogen) atoms. The predicted molar refractivity (Wildman–Crippen MR) is 74.4 cm³/mol. The van der Waals surface area contributed by atoms with Crippen molar-refractivity contribution in [1.82, 2.24) is 0 Å². The number of nitrogens with two attached hydrogens (primary N) is 1. The van der Waals surface area contributed by atoms with Gasteiger partial charge < -0.3 is 11.1 Å². The van der Waals surface area contributed by atoms with Crippen molar-refractivity contribution in [2.75, 3.05) is 18.4 Å². The van der Waals surface area contributed by atoms with Gasteiger partial charge in [-0.2, -0.15) is 0 Å². The van der Waals surface area contributed by atoms with Crippen molar-refractivity contribution < 1.29 is 0 Å². The lowest BCUT2D eigenvalue weighted by atomic mass is 10.0. The Kier molecular flexibility index (Phi) is 3.72. The predicted octanol–water partition coefficient (Wildman–Crippen LogP) is 2.96. The van der Waals surface area contributed by atoms with Gasteiger partial charge in [0, 0.05) is 12.2 Å². The Morgan fingerprint density at radius 1 is 1.18 bits per heavy atom. The Labute approximate surface area is 105 Å². The van der Waals surface area contributed by atoms with E-state index in [0.29, 0.717) is 5.41 Å². The molecule has 2 nitrogen and oxygen atoms in total. The molecule has 1 aromatic rings. The third-order valence-electron chi connectivity index (χ3n) is 4.03. The fraction of sp³-hybridized carbons (Fsp3) is 0.600. The molecular formula is C15H24N2. The summed E-state index contributed by atoms with van der Waals surface area (Å²) in [5.74, 6) is 0. The summed E-state index contributed by atoms with van der Waals surface area (Å²) in [6.07, 6.45) is 4.75. The number of aryl methyl sites for hydroxylation is 2. The topological polar surface area (TPSA) is 38.0 Å². The van der Waals surface area contributed by atoms with E-state index in [2.05, 4.69) is 37.4 Å². The molecule has 1 aromatic carbocycles. The van der Waals surface area contributed by atoms with Gasteiger partial charge in [-0.25, -0.2) is 0 Å². The Bertz CT molecular complexity index is 358. The molecule has 0 heterocycles. The highest BCUT2D eigenvalue weighted by molar-refractivity contribution is 5.58. The molecule has 0 aromatic heterocycles. The fourth-order valence-corrected chi connectivity index (χ4v) is 2.38. The summed E-state index contributed by atoms with van der Waals surface area (Å²) >= 11 is 0. The molecule has 1 fully saturated rings. The van der Waals surface area contributed by atoms with Crippen molar-refractivity contribution in [2.24, 2.45) is 11.1 Å². The van der Waals surface area contributed by atoms with Gasteiger partial charge in [0.25, 0.3) is 0 Å². The Morgan fingerprint density at radius 3 is 2.18 bits per heavy atom. The van der Waals surface area contributed by atoms with Gasteiger partial charge in [0.05, 0.1) is 0 Å². The number of hydrogen-bond donors (Lipinski definition) is 2. The second-order valence-electron chi connectivity index (χ2n) is 5.22. The van der Waals surface area contributed by atoms with E-state index in [1.807, 2.05) is 0 Å². The van der Waals surface area contributed by atoms with Crippen molar-refractivity contribution >= 4 is 5.69 Å². The van der Waals surface area contributed by atoms with Gasteiger partial charge in [0.2, 0.25) is 0 Å². The first kappa shape index (κ1) is 12.4. The van der Waals surface area contributed by atoms with E-state index in [4.69, 9.17) is 5.73 Å². The molecule has 0 saturated heterocycles. The number of anilines is 1. The van der Waals surface area contributed by atoms with Crippen LogP contribution in [0.3, 0.4) is 0 Å². The summed E-state index contributed by atoms with van der Waals surface area (Å²) < 4.78 is 0. The van der Waals surface area contributed by atoms with Crippen molar-refractivity contribution in [3.8, 4) is 0 Å². The second-order valence-corrected chi connectivity index (χ2v) is 5.22. The van der Waals surface area contributed by atoms with Crippen molar-refractivity contribution in [3.05, 3.63) is 29.3 Å². The highest BCUT2D eigenvalue weighted by atomic mass is 14.9. The third kappa shape index (κ3) is 2.63. The molecule has 0 unspecified atom stereocenters. The van der Waals surface area contributed by atoms with Crippen LogP contribution < -0.4 is 11.1 Å². The van der Waals surface area contributed by atoms with Crippen LogP contribution in [0.5, 0.6) is 0 Å². The Balaban J connectivity index is 2.13. The number of nitrogens with one attached hydrogen (secondary N) is 1. The highest BCUT2D eigenvalue weighted by Gasteiger charge is 2.40. The molecule has 1 aliphatic rings. The van der Waals surface area contributed by atoms with E-state index in [1.54, 1.807) is 0 Å². The molecule has 1 aliphatic carbocycles. The number of para-hydroxylation sites is 1. The third-order valence-corrected chi connectivity index (χ3v) is 4.03. The lowest BCUT2D eigenvalue weighted by Gasteiger charge is -2.19. The van der Waals surface area contributed by atoms with E-state index >= 15 is 0 Å². The average Bonchev–Trinajstić information content (AvgIpc) is 3.16. The van der Waals surface area contributed by atoms with E-state index in [-0.39, 0.29) is 0 Å². The highest BCUT2D eigenvalue weighted by Crippen LogP contribution is 2.44. The van der Waals surface area contributed by atoms with Gasteiger partial charge in [-0.05, 0) is 48.8 Å². The maximum absolute atomic E-state index is 5.83. The first-order valence-corrected chi connectivity index (χ1v) is 6.79. The SMILES string of the molecule is CCc1cccc(CC)c1NCC1(CN)CC1. The molecule has 0 spiro atoms. The molecule has 0 amide bonds. The van der Waals surface area contributed by atoms with E-state index < -0.39 is 0 Å².